The minimum atomic E-state index is -1.25. The molecule has 428 valence electrons. The topological polar surface area (TPSA) is 347 Å². The number of rotatable bonds is 52. The second-order valence-electron chi connectivity index (χ2n) is 16.5. The monoisotopic (exact) mass is 1080 g/mol. The summed E-state index contributed by atoms with van der Waals surface area (Å²) >= 11 is 0. The van der Waals surface area contributed by atoms with Crippen LogP contribution in [0.4, 0.5) is 11.6 Å². The molecule has 0 aliphatic carbocycles. The van der Waals surface area contributed by atoms with E-state index in [0.717, 1.165) is 6.42 Å². The highest BCUT2D eigenvalue weighted by atomic mass is 16.6. The lowest BCUT2D eigenvalue weighted by Gasteiger charge is -2.14. The van der Waals surface area contributed by atoms with Crippen LogP contribution in [0.15, 0.2) is 35.3 Å². The third kappa shape index (κ3) is 33.1. The largest absolute Gasteiger partial charge is 0.480 e. The van der Waals surface area contributed by atoms with Gasteiger partial charge in [-0.3, -0.25) is 24.2 Å². The van der Waals surface area contributed by atoms with E-state index in [1.807, 2.05) is 0 Å². The molecule has 0 saturated carbocycles. The third-order valence-electron chi connectivity index (χ3n) is 10.4. The number of carboxylic acids is 1. The number of Topliss-reactive ketones (excluding diaryl/α,β-unsaturated/α-hetero) is 2. The molecule has 26 heteroatoms. The average molecular weight is 1080 g/mol. The SMILES string of the molecule is NCCCC(=O)CCOCCOCCOCCOCCOCCOCCOCCOCCOCCOCCOCCOCCCC(=O)CC[C@H](NC(=O)c1ccc(NCc2cnc3nc(N)[nH]c(=O)c3n2)cc1)C(=O)O. The molecule has 0 aliphatic heterocycles. The molecule has 8 N–H and O–H groups in total. The van der Waals surface area contributed by atoms with Crippen molar-refractivity contribution in [2.75, 3.05) is 176 Å². The molecule has 2 aromatic heterocycles. The highest BCUT2D eigenvalue weighted by molar-refractivity contribution is 5.97. The van der Waals surface area contributed by atoms with Gasteiger partial charge in [0.15, 0.2) is 11.2 Å². The first kappa shape index (κ1) is 65.1. The van der Waals surface area contributed by atoms with Crippen molar-refractivity contribution in [3.05, 3.63) is 52.1 Å². The Hall–Kier alpha value is -5.20. The maximum atomic E-state index is 12.8. The van der Waals surface area contributed by atoms with E-state index in [1.165, 1.54) is 18.3 Å². The number of carbonyl (C=O) groups is 4. The van der Waals surface area contributed by atoms with E-state index in [1.54, 1.807) is 12.1 Å². The summed E-state index contributed by atoms with van der Waals surface area (Å²) in [6.45, 7) is 11.2. The number of anilines is 2. The van der Waals surface area contributed by atoms with Crippen LogP contribution in [0.3, 0.4) is 0 Å². The summed E-state index contributed by atoms with van der Waals surface area (Å²) in [5.74, 6) is -1.85. The molecule has 1 amide bonds. The van der Waals surface area contributed by atoms with Gasteiger partial charge in [0, 0.05) is 43.5 Å². The summed E-state index contributed by atoms with van der Waals surface area (Å²) in [5.41, 5.74) is 12.0. The first-order valence-electron chi connectivity index (χ1n) is 25.7. The van der Waals surface area contributed by atoms with Gasteiger partial charge in [0.05, 0.1) is 170 Å². The number of aliphatic carboxylic acids is 1. The second kappa shape index (κ2) is 43.9. The van der Waals surface area contributed by atoms with Crippen LogP contribution in [-0.4, -0.2) is 220 Å². The predicted molar refractivity (Wildman–Crippen MR) is 276 cm³/mol. The Balaban J connectivity index is 0.989. The van der Waals surface area contributed by atoms with Gasteiger partial charge in [-0.25, -0.2) is 14.8 Å². The Morgan fingerprint density at radius 3 is 1.42 bits per heavy atom. The lowest BCUT2D eigenvalue weighted by atomic mass is 10.1. The number of nitrogens with one attached hydrogen (secondary N) is 3. The molecule has 0 fully saturated rings. The molecule has 0 saturated heterocycles. The minimum Gasteiger partial charge on any atom is -0.480 e. The Labute approximate surface area is 443 Å². The van der Waals surface area contributed by atoms with Crippen LogP contribution in [0.1, 0.15) is 61.0 Å². The van der Waals surface area contributed by atoms with Crippen molar-refractivity contribution in [2.45, 2.75) is 57.5 Å². The lowest BCUT2D eigenvalue weighted by Crippen LogP contribution is -2.41. The van der Waals surface area contributed by atoms with E-state index >= 15 is 0 Å². The number of aromatic nitrogens is 4. The van der Waals surface area contributed by atoms with Crippen molar-refractivity contribution in [2.24, 2.45) is 5.73 Å². The van der Waals surface area contributed by atoms with Crippen molar-refractivity contribution in [3.63, 3.8) is 0 Å². The summed E-state index contributed by atoms with van der Waals surface area (Å²) < 4.78 is 65.8. The summed E-state index contributed by atoms with van der Waals surface area (Å²) in [6.07, 6.45) is 3.72. The molecule has 1 atom stereocenters. The third-order valence-corrected chi connectivity index (χ3v) is 10.4. The number of carbonyl (C=O) groups excluding carboxylic acids is 3. The number of carboxylic acid groups (broad SMARTS) is 1. The number of nitrogen functional groups attached to an aromatic ring is 1. The van der Waals surface area contributed by atoms with Crippen molar-refractivity contribution < 1.29 is 81.1 Å². The molecule has 0 bridgehead atoms. The van der Waals surface area contributed by atoms with Gasteiger partial charge >= 0.3 is 5.97 Å². The first-order valence-corrected chi connectivity index (χ1v) is 25.7. The normalized spacial score (nSPS) is 11.8. The molecule has 0 spiro atoms. The van der Waals surface area contributed by atoms with E-state index in [0.29, 0.717) is 196 Å². The van der Waals surface area contributed by atoms with E-state index in [4.69, 9.17) is 68.3 Å². The highest BCUT2D eigenvalue weighted by Crippen LogP contribution is 2.13. The van der Waals surface area contributed by atoms with Gasteiger partial charge < -0.3 is 84.0 Å². The molecule has 26 nitrogen and oxygen atoms in total. The number of benzene rings is 1. The van der Waals surface area contributed by atoms with Gasteiger partial charge in [-0.2, -0.15) is 4.98 Å². The number of hydrogen-bond acceptors (Lipinski definition) is 23. The lowest BCUT2D eigenvalue weighted by molar-refractivity contribution is -0.139. The maximum absolute atomic E-state index is 12.8. The fourth-order valence-electron chi connectivity index (χ4n) is 6.42. The smallest absolute Gasteiger partial charge is 0.326 e. The van der Waals surface area contributed by atoms with E-state index < -0.39 is 23.5 Å². The van der Waals surface area contributed by atoms with Crippen LogP contribution in [0, 0.1) is 0 Å². The fourth-order valence-corrected chi connectivity index (χ4v) is 6.42. The summed E-state index contributed by atoms with van der Waals surface area (Å²) in [6, 6.07) is 5.09. The van der Waals surface area contributed by atoms with E-state index in [9.17, 15) is 29.1 Å². The molecule has 2 heterocycles. The van der Waals surface area contributed by atoms with Crippen molar-refractivity contribution in [1.82, 2.24) is 25.3 Å². The van der Waals surface area contributed by atoms with Crippen LogP contribution in [0.25, 0.3) is 11.2 Å². The zero-order valence-corrected chi connectivity index (χ0v) is 43.7. The van der Waals surface area contributed by atoms with Gasteiger partial charge in [-0.1, -0.05) is 0 Å². The number of fused-ring (bicyclic) bond motifs is 1. The number of amides is 1. The fraction of sp³-hybridized carbons (Fsp3) is 0.680. The Morgan fingerprint density at radius 2 is 0.974 bits per heavy atom. The molecular formula is C50H80N8O18. The standard InChI is InChI=1S/C50H80N8O18/c51-12-1-3-43(60)11-14-66-16-18-68-20-22-70-24-26-72-28-30-74-32-34-76-36-35-75-33-31-73-29-27-71-25-23-69-21-19-67-17-15-65-13-2-4-42(59)9-10-44(49(63)64)56-47(61)39-5-7-40(8-6-39)53-37-41-38-54-46-45(55-41)48(62)58-50(52)57-46/h5-8,38,44,53H,1-4,9-37,51H2,(H,56,61)(H,63,64)(H3,52,54,57,58,62)/t44-/m0/s1. The van der Waals surface area contributed by atoms with Crippen molar-refractivity contribution in [3.8, 4) is 0 Å². The molecule has 1 aromatic carbocycles. The zero-order chi connectivity index (χ0) is 54.5. The van der Waals surface area contributed by atoms with E-state index in [-0.39, 0.29) is 60.0 Å². The predicted octanol–water partition coefficient (Wildman–Crippen LogP) is 1.12. The first-order chi connectivity index (χ1) is 37.2. The maximum Gasteiger partial charge on any atom is 0.326 e. The van der Waals surface area contributed by atoms with Gasteiger partial charge in [0.1, 0.15) is 17.6 Å². The van der Waals surface area contributed by atoms with Gasteiger partial charge in [-0.15, -0.1) is 0 Å². The minimum absolute atomic E-state index is 0.0130. The number of hydrogen-bond donors (Lipinski definition) is 6. The van der Waals surface area contributed by atoms with Crippen LogP contribution >= 0.6 is 0 Å². The van der Waals surface area contributed by atoms with Crippen molar-refractivity contribution in [1.29, 1.82) is 0 Å². The highest BCUT2D eigenvalue weighted by Gasteiger charge is 2.22. The summed E-state index contributed by atoms with van der Waals surface area (Å²) in [5, 5.41) is 15.3. The Morgan fingerprint density at radius 1 is 0.553 bits per heavy atom. The Kier molecular flexibility index (Phi) is 37.6. The van der Waals surface area contributed by atoms with E-state index in [2.05, 4.69) is 30.6 Å². The van der Waals surface area contributed by atoms with Gasteiger partial charge in [0.2, 0.25) is 5.95 Å². The zero-order valence-electron chi connectivity index (χ0n) is 43.7. The molecule has 3 aromatic rings. The van der Waals surface area contributed by atoms with Crippen LogP contribution < -0.4 is 27.7 Å². The molecular weight excluding hydrogens is 1000 g/mol. The van der Waals surface area contributed by atoms with Gasteiger partial charge in [0.25, 0.3) is 11.5 Å². The molecule has 0 unspecified atom stereocenters. The van der Waals surface area contributed by atoms with Crippen LogP contribution in [0.5, 0.6) is 0 Å². The number of ether oxygens (including phenoxy) is 12. The second-order valence-corrected chi connectivity index (χ2v) is 16.5. The molecule has 0 radical (unpaired) electrons. The van der Waals surface area contributed by atoms with Crippen LogP contribution in [0.2, 0.25) is 0 Å². The Bertz CT molecular complexity index is 2070. The quantitative estimate of drug-likeness (QED) is 0.0431. The number of H-pyrrole nitrogens is 1. The number of nitrogens with two attached hydrogens (primary N) is 2. The summed E-state index contributed by atoms with van der Waals surface area (Å²) in [4.78, 5) is 75.5. The number of nitrogens with zero attached hydrogens (tertiary/aromatic N) is 3. The molecule has 76 heavy (non-hydrogen) atoms. The molecule has 3 rings (SSSR count). The van der Waals surface area contributed by atoms with Crippen LogP contribution in [-0.2, 0) is 77.8 Å². The van der Waals surface area contributed by atoms with Crippen molar-refractivity contribution >= 4 is 46.2 Å². The summed E-state index contributed by atoms with van der Waals surface area (Å²) in [7, 11) is 0. The number of aromatic amines is 1. The van der Waals surface area contributed by atoms with Gasteiger partial charge in [-0.05, 0) is 50.1 Å². The number of ketones is 2. The molecule has 0 aliphatic rings. The average Bonchev–Trinajstić information content (AvgIpc) is 3.41.